The van der Waals surface area contributed by atoms with E-state index >= 15 is 0 Å². The minimum Gasteiger partial charge on any atom is -0.390 e. The molecule has 1 saturated carbocycles. The molecule has 0 amide bonds. The molecule has 8 nitrogen and oxygen atoms in total. The van der Waals surface area contributed by atoms with Crippen LogP contribution in [-0.4, -0.2) is 63.9 Å². The van der Waals surface area contributed by atoms with Crippen LogP contribution in [0, 0.1) is 0 Å². The van der Waals surface area contributed by atoms with Crippen LogP contribution < -0.4 is 5.32 Å². The summed E-state index contributed by atoms with van der Waals surface area (Å²) in [5.74, 6) is 0.399. The maximum atomic E-state index is 11.7. The van der Waals surface area contributed by atoms with E-state index < -0.39 is 16.1 Å². The van der Waals surface area contributed by atoms with Crippen LogP contribution in [0.5, 0.6) is 0 Å². The molecule has 1 saturated heterocycles. The number of aromatic nitrogens is 3. The fraction of sp³-hybridized carbons (Fsp3) is 0.647. The molecule has 2 atom stereocenters. The Morgan fingerprint density at radius 3 is 2.74 bits per heavy atom. The van der Waals surface area contributed by atoms with Gasteiger partial charge in [-0.15, -0.1) is 5.10 Å². The fourth-order valence-corrected chi connectivity index (χ4v) is 5.04. The van der Waals surface area contributed by atoms with Gasteiger partial charge in [-0.2, -0.15) is 4.31 Å². The van der Waals surface area contributed by atoms with Crippen molar-refractivity contribution < 1.29 is 13.5 Å². The van der Waals surface area contributed by atoms with E-state index in [1.54, 1.807) is 6.20 Å². The molecule has 0 bridgehead atoms. The van der Waals surface area contributed by atoms with Gasteiger partial charge in [0.05, 0.1) is 35.3 Å². The predicted octanol–water partition coefficient (Wildman–Crippen LogP) is 1.63. The van der Waals surface area contributed by atoms with Crippen LogP contribution in [-0.2, 0) is 15.4 Å². The third-order valence-corrected chi connectivity index (χ3v) is 7.44. The van der Waals surface area contributed by atoms with E-state index in [1.165, 1.54) is 10.7 Å². The molecule has 1 aliphatic heterocycles. The van der Waals surface area contributed by atoms with Gasteiger partial charge in [0.2, 0.25) is 16.0 Å². The summed E-state index contributed by atoms with van der Waals surface area (Å²) < 4.78 is 26.5. The topological polar surface area (TPSA) is 99.8 Å². The monoisotopic (exact) mass is 413 g/mol. The van der Waals surface area contributed by atoms with Gasteiger partial charge in [0.15, 0.2) is 0 Å². The zero-order chi connectivity index (χ0) is 19.4. The minimum absolute atomic E-state index is 0.0669. The number of piperidine rings is 1. The lowest BCUT2D eigenvalue weighted by Gasteiger charge is -2.38. The largest absolute Gasteiger partial charge is 0.390 e. The summed E-state index contributed by atoms with van der Waals surface area (Å²) in [5, 5.41) is 18.8. The molecule has 148 valence electrons. The lowest BCUT2D eigenvalue weighted by molar-refractivity contribution is 0.0950. The molecule has 2 aromatic heterocycles. The summed E-state index contributed by atoms with van der Waals surface area (Å²) in [5.41, 5.74) is 1.91. The van der Waals surface area contributed by atoms with Gasteiger partial charge in [0, 0.05) is 18.5 Å². The summed E-state index contributed by atoms with van der Waals surface area (Å²) >= 11 is 6.37. The van der Waals surface area contributed by atoms with Crippen molar-refractivity contribution in [2.24, 2.45) is 0 Å². The summed E-state index contributed by atoms with van der Waals surface area (Å²) in [6.45, 7) is 2.64. The number of anilines is 1. The van der Waals surface area contributed by atoms with Gasteiger partial charge < -0.3 is 10.4 Å². The Morgan fingerprint density at radius 1 is 1.41 bits per heavy atom. The average molecular weight is 414 g/mol. The summed E-state index contributed by atoms with van der Waals surface area (Å²) in [4.78, 5) is 4.33. The molecule has 0 aromatic carbocycles. The van der Waals surface area contributed by atoms with Crippen LogP contribution in [0.25, 0.3) is 5.52 Å². The number of hydrogen-bond acceptors (Lipinski definition) is 6. The van der Waals surface area contributed by atoms with Crippen molar-refractivity contribution in [3.05, 3.63) is 23.0 Å². The molecule has 2 unspecified atom stereocenters. The third-order valence-electron chi connectivity index (χ3n) is 5.87. The second-order valence-corrected chi connectivity index (χ2v) is 10.3. The smallest absolute Gasteiger partial charge is 0.241 e. The maximum absolute atomic E-state index is 11.7. The molecule has 27 heavy (non-hydrogen) atoms. The van der Waals surface area contributed by atoms with Crippen molar-refractivity contribution in [3.63, 3.8) is 0 Å². The Morgan fingerprint density at radius 2 is 2.15 bits per heavy atom. The highest BCUT2D eigenvalue weighted by Crippen LogP contribution is 2.44. The Hall–Kier alpha value is -1.42. The van der Waals surface area contributed by atoms with Crippen LogP contribution >= 0.6 is 11.6 Å². The first-order valence-electron chi connectivity index (χ1n) is 9.12. The molecule has 2 fully saturated rings. The van der Waals surface area contributed by atoms with Gasteiger partial charge in [-0.25, -0.2) is 17.9 Å². The Kier molecular flexibility index (Phi) is 4.61. The van der Waals surface area contributed by atoms with Crippen LogP contribution in [0.1, 0.15) is 38.3 Å². The number of hydrogen-bond donors (Lipinski definition) is 2. The highest BCUT2D eigenvalue weighted by atomic mass is 35.5. The first kappa shape index (κ1) is 18.9. The zero-order valence-corrected chi connectivity index (χ0v) is 17.0. The van der Waals surface area contributed by atoms with Crippen LogP contribution in [0.15, 0.2) is 12.3 Å². The van der Waals surface area contributed by atoms with E-state index in [0.29, 0.717) is 23.9 Å². The number of nitrogens with one attached hydrogen (secondary N) is 1. The molecule has 0 radical (unpaired) electrons. The first-order valence-corrected chi connectivity index (χ1v) is 11.3. The molecule has 10 heteroatoms. The number of sulfonamides is 1. The molecule has 1 aliphatic carbocycles. The second-order valence-electron chi connectivity index (χ2n) is 7.90. The lowest BCUT2D eigenvalue weighted by Crippen LogP contribution is -2.51. The van der Waals surface area contributed by atoms with Crippen molar-refractivity contribution in [1.29, 1.82) is 0 Å². The molecular formula is C17H24ClN5O3S. The Labute approximate surface area is 163 Å². The SMILES string of the molecule is CC1(c2cc(Cl)c3cnc(NC4CCN(S(C)(=O)=O)CC4O)nn23)CCC1. The summed E-state index contributed by atoms with van der Waals surface area (Å²) in [6.07, 6.45) is 5.89. The van der Waals surface area contributed by atoms with Gasteiger partial charge >= 0.3 is 0 Å². The van der Waals surface area contributed by atoms with Gasteiger partial charge in [0.1, 0.15) is 5.52 Å². The van der Waals surface area contributed by atoms with Gasteiger partial charge in [-0.3, -0.25) is 0 Å². The van der Waals surface area contributed by atoms with Crippen LogP contribution in [0.2, 0.25) is 5.02 Å². The van der Waals surface area contributed by atoms with Crippen molar-refractivity contribution in [1.82, 2.24) is 18.9 Å². The zero-order valence-electron chi connectivity index (χ0n) is 15.4. The van der Waals surface area contributed by atoms with E-state index in [2.05, 4.69) is 22.3 Å². The number of aliphatic hydroxyl groups excluding tert-OH is 1. The molecule has 2 aromatic rings. The minimum atomic E-state index is -3.30. The standard InChI is InChI=1S/C17H24ClN5O3S/c1-17(5-3-6-17)15-8-11(18)13-9-19-16(21-23(13)15)20-12-4-7-22(10-14(12)24)27(2,25)26/h8-9,12,14,24H,3-7,10H2,1-2H3,(H,20,21). The normalized spacial score (nSPS) is 26.1. The molecule has 2 aliphatic rings. The van der Waals surface area contributed by atoms with Crippen molar-refractivity contribution in [3.8, 4) is 0 Å². The molecular weight excluding hydrogens is 390 g/mol. The van der Waals surface area contributed by atoms with Crippen molar-refractivity contribution in [2.75, 3.05) is 24.7 Å². The third kappa shape index (κ3) is 3.41. The number of fused-ring (bicyclic) bond motifs is 1. The van der Waals surface area contributed by atoms with E-state index in [1.807, 2.05) is 10.6 Å². The fourth-order valence-electron chi connectivity index (χ4n) is 3.95. The average Bonchev–Trinajstić information content (AvgIpc) is 2.90. The van der Waals surface area contributed by atoms with E-state index in [4.69, 9.17) is 11.6 Å². The van der Waals surface area contributed by atoms with Crippen LogP contribution in [0.4, 0.5) is 5.95 Å². The van der Waals surface area contributed by atoms with E-state index in [-0.39, 0.29) is 18.0 Å². The second kappa shape index (κ2) is 6.58. The summed E-state index contributed by atoms with van der Waals surface area (Å²) in [6, 6.07) is 1.66. The lowest BCUT2D eigenvalue weighted by atomic mass is 9.68. The van der Waals surface area contributed by atoms with Gasteiger partial charge in [-0.1, -0.05) is 24.9 Å². The van der Waals surface area contributed by atoms with Crippen LogP contribution in [0.3, 0.4) is 0 Å². The predicted molar refractivity (Wildman–Crippen MR) is 104 cm³/mol. The highest BCUT2D eigenvalue weighted by Gasteiger charge is 2.37. The van der Waals surface area contributed by atoms with E-state index in [0.717, 1.165) is 30.3 Å². The molecule has 3 heterocycles. The number of rotatable bonds is 4. The number of β-amino-alcohol motifs (C(OH)–C–C–N with tert-alkyl or cyclic N) is 1. The number of nitrogens with zero attached hydrogens (tertiary/aromatic N) is 4. The van der Waals surface area contributed by atoms with E-state index in [9.17, 15) is 13.5 Å². The number of aliphatic hydroxyl groups is 1. The molecule has 2 N–H and O–H groups in total. The van der Waals surface area contributed by atoms with Crippen molar-refractivity contribution in [2.45, 2.75) is 50.2 Å². The first-order chi connectivity index (χ1) is 12.7. The van der Waals surface area contributed by atoms with Gasteiger partial charge in [0.25, 0.3) is 0 Å². The maximum Gasteiger partial charge on any atom is 0.241 e. The highest BCUT2D eigenvalue weighted by molar-refractivity contribution is 7.88. The molecule has 0 spiro atoms. The Bertz CT molecular complexity index is 972. The van der Waals surface area contributed by atoms with Crippen molar-refractivity contribution >= 4 is 33.1 Å². The quantitative estimate of drug-likeness (QED) is 0.790. The Balaban J connectivity index is 1.57. The van der Waals surface area contributed by atoms with Gasteiger partial charge in [-0.05, 0) is 25.3 Å². The summed E-state index contributed by atoms with van der Waals surface area (Å²) in [7, 11) is -3.30. The number of halogens is 1. The molecule has 4 rings (SSSR count).